The summed E-state index contributed by atoms with van der Waals surface area (Å²) >= 11 is 4.91. The molecule has 0 saturated carbocycles. The summed E-state index contributed by atoms with van der Waals surface area (Å²) in [6, 6.07) is 11.3. The van der Waals surface area contributed by atoms with E-state index in [9.17, 15) is 5.11 Å². The molecule has 5 heteroatoms. The van der Waals surface area contributed by atoms with Gasteiger partial charge in [0, 0.05) is 16.3 Å². The zero-order valence-electron chi connectivity index (χ0n) is 10.7. The number of aromatic hydroxyl groups is 1. The summed E-state index contributed by atoms with van der Waals surface area (Å²) in [7, 11) is 0. The summed E-state index contributed by atoms with van der Waals surface area (Å²) in [5.41, 5.74) is 2.80. The molecule has 3 nitrogen and oxygen atoms in total. The van der Waals surface area contributed by atoms with E-state index in [0.29, 0.717) is 10.7 Å². The number of hydrogen-bond acceptors (Lipinski definition) is 4. The zero-order valence-corrected chi connectivity index (χ0v) is 13.1. The van der Waals surface area contributed by atoms with Gasteiger partial charge in [-0.3, -0.25) is 0 Å². The molecule has 1 heterocycles. The number of phenolic OH excluding ortho intramolecular Hbond substituents is 1. The third-order valence-electron chi connectivity index (χ3n) is 2.91. The molecular formula is C15H11BrN2OS. The van der Waals surface area contributed by atoms with Crippen molar-refractivity contribution in [1.82, 2.24) is 4.98 Å². The molecule has 1 aromatic heterocycles. The molecule has 0 atom stereocenters. The summed E-state index contributed by atoms with van der Waals surface area (Å²) < 4.78 is 2.02. The van der Waals surface area contributed by atoms with Gasteiger partial charge in [0.05, 0.1) is 10.2 Å². The van der Waals surface area contributed by atoms with Crippen molar-refractivity contribution in [3.63, 3.8) is 0 Å². The molecule has 100 valence electrons. The molecule has 3 aromatic rings. The lowest BCUT2D eigenvalue weighted by Gasteiger charge is -1.98. The second-order valence-electron chi connectivity index (χ2n) is 4.38. The SMILES string of the molecule is Cc1cccc2sc(N=Cc3cc(Br)ccc3O)nc12. The summed E-state index contributed by atoms with van der Waals surface area (Å²) in [5, 5.41) is 10.5. The lowest BCUT2D eigenvalue weighted by molar-refractivity contribution is 0.474. The van der Waals surface area contributed by atoms with Crippen molar-refractivity contribution < 1.29 is 5.11 Å². The van der Waals surface area contributed by atoms with Crippen LogP contribution in [0.2, 0.25) is 0 Å². The first kappa shape index (κ1) is 13.3. The average Bonchev–Trinajstić information content (AvgIpc) is 2.84. The monoisotopic (exact) mass is 346 g/mol. The molecule has 1 N–H and O–H groups in total. The molecule has 0 bridgehead atoms. The maximum Gasteiger partial charge on any atom is 0.210 e. The Kier molecular flexibility index (Phi) is 3.54. The number of nitrogens with zero attached hydrogens (tertiary/aromatic N) is 2. The molecule has 0 spiro atoms. The van der Waals surface area contributed by atoms with Gasteiger partial charge < -0.3 is 5.11 Å². The number of para-hydroxylation sites is 1. The second-order valence-corrected chi connectivity index (χ2v) is 6.30. The normalized spacial score (nSPS) is 11.5. The summed E-state index contributed by atoms with van der Waals surface area (Å²) in [4.78, 5) is 8.86. The van der Waals surface area contributed by atoms with E-state index in [1.165, 1.54) is 11.3 Å². The lowest BCUT2D eigenvalue weighted by atomic mass is 10.2. The number of aryl methyl sites for hydroxylation is 1. The molecule has 0 fully saturated rings. The Hall–Kier alpha value is -1.72. The van der Waals surface area contributed by atoms with E-state index < -0.39 is 0 Å². The van der Waals surface area contributed by atoms with Crippen LogP contribution in [-0.2, 0) is 0 Å². The van der Waals surface area contributed by atoms with Crippen LogP contribution in [0.1, 0.15) is 11.1 Å². The van der Waals surface area contributed by atoms with E-state index in [0.717, 1.165) is 20.3 Å². The van der Waals surface area contributed by atoms with Crippen LogP contribution < -0.4 is 0 Å². The molecule has 2 aromatic carbocycles. The quantitative estimate of drug-likeness (QED) is 0.676. The van der Waals surface area contributed by atoms with Gasteiger partial charge in [-0.05, 0) is 36.8 Å². The fourth-order valence-electron chi connectivity index (χ4n) is 1.88. The number of fused-ring (bicyclic) bond motifs is 1. The molecule has 0 amide bonds. The second kappa shape index (κ2) is 5.34. The number of thiazole rings is 1. The minimum atomic E-state index is 0.203. The van der Waals surface area contributed by atoms with Crippen molar-refractivity contribution in [3.8, 4) is 5.75 Å². The number of aliphatic imine (C=N–C) groups is 1. The van der Waals surface area contributed by atoms with Gasteiger partial charge in [-0.25, -0.2) is 9.98 Å². The van der Waals surface area contributed by atoms with Crippen LogP contribution in [0.5, 0.6) is 5.75 Å². The highest BCUT2D eigenvalue weighted by Crippen LogP contribution is 2.30. The van der Waals surface area contributed by atoms with Crippen molar-refractivity contribution in [2.24, 2.45) is 4.99 Å². The maximum absolute atomic E-state index is 9.77. The Bertz CT molecular complexity index is 811. The Balaban J connectivity index is 1.98. The number of aromatic nitrogens is 1. The molecule has 3 rings (SSSR count). The van der Waals surface area contributed by atoms with Gasteiger partial charge in [0.25, 0.3) is 0 Å². The molecule has 0 aliphatic carbocycles. The molecule has 20 heavy (non-hydrogen) atoms. The van der Waals surface area contributed by atoms with Crippen molar-refractivity contribution in [2.75, 3.05) is 0 Å². The first-order valence-corrected chi connectivity index (χ1v) is 7.63. The molecule has 0 unspecified atom stereocenters. The topological polar surface area (TPSA) is 45.5 Å². The van der Waals surface area contributed by atoms with E-state index in [4.69, 9.17) is 0 Å². The summed E-state index contributed by atoms with van der Waals surface area (Å²) in [5.74, 6) is 0.203. The number of rotatable bonds is 2. The largest absolute Gasteiger partial charge is 0.507 e. The van der Waals surface area contributed by atoms with E-state index in [-0.39, 0.29) is 5.75 Å². The number of halogens is 1. The molecule has 0 radical (unpaired) electrons. The van der Waals surface area contributed by atoms with Gasteiger partial charge in [-0.15, -0.1) is 0 Å². The van der Waals surface area contributed by atoms with Crippen molar-refractivity contribution >= 4 is 48.8 Å². The number of phenols is 1. The van der Waals surface area contributed by atoms with Crippen LogP contribution in [-0.4, -0.2) is 16.3 Å². The van der Waals surface area contributed by atoms with Crippen LogP contribution in [0.25, 0.3) is 10.2 Å². The van der Waals surface area contributed by atoms with Crippen LogP contribution in [0, 0.1) is 6.92 Å². The lowest BCUT2D eigenvalue weighted by Crippen LogP contribution is -1.82. The highest BCUT2D eigenvalue weighted by molar-refractivity contribution is 9.10. The average molecular weight is 347 g/mol. The van der Waals surface area contributed by atoms with Crippen LogP contribution in [0.3, 0.4) is 0 Å². The van der Waals surface area contributed by atoms with Gasteiger partial charge in [-0.1, -0.05) is 39.4 Å². The summed E-state index contributed by atoms with van der Waals surface area (Å²) in [6.45, 7) is 2.04. The van der Waals surface area contributed by atoms with E-state index >= 15 is 0 Å². The van der Waals surface area contributed by atoms with Gasteiger partial charge in [0.1, 0.15) is 5.75 Å². The predicted octanol–water partition coefficient (Wildman–Crippen LogP) is 4.82. The highest BCUT2D eigenvalue weighted by atomic mass is 79.9. The van der Waals surface area contributed by atoms with Gasteiger partial charge in [0.15, 0.2) is 0 Å². The number of benzene rings is 2. The van der Waals surface area contributed by atoms with Crippen molar-refractivity contribution in [2.45, 2.75) is 6.92 Å². The molecule has 0 saturated heterocycles. The van der Waals surface area contributed by atoms with Crippen LogP contribution in [0.4, 0.5) is 5.13 Å². The molecule has 0 aliphatic heterocycles. The Morgan fingerprint density at radius 3 is 2.95 bits per heavy atom. The van der Waals surface area contributed by atoms with E-state index in [2.05, 4.69) is 25.9 Å². The fourth-order valence-corrected chi connectivity index (χ4v) is 3.15. The maximum atomic E-state index is 9.77. The Labute approximate surface area is 128 Å². The van der Waals surface area contributed by atoms with Gasteiger partial charge >= 0.3 is 0 Å². The Morgan fingerprint density at radius 1 is 1.30 bits per heavy atom. The Morgan fingerprint density at radius 2 is 2.15 bits per heavy atom. The highest BCUT2D eigenvalue weighted by Gasteiger charge is 2.05. The third kappa shape index (κ3) is 2.59. The van der Waals surface area contributed by atoms with Crippen LogP contribution >= 0.6 is 27.3 Å². The fraction of sp³-hybridized carbons (Fsp3) is 0.0667. The standard InChI is InChI=1S/C15H11BrN2OS/c1-9-3-2-4-13-14(9)18-15(20-13)17-8-10-7-11(16)5-6-12(10)19/h2-8,19H,1H3. The van der Waals surface area contributed by atoms with Crippen molar-refractivity contribution in [1.29, 1.82) is 0 Å². The molecular weight excluding hydrogens is 336 g/mol. The van der Waals surface area contributed by atoms with E-state index in [1.54, 1.807) is 18.3 Å². The third-order valence-corrected chi connectivity index (χ3v) is 4.33. The first-order chi connectivity index (χ1) is 9.63. The number of hydrogen-bond donors (Lipinski definition) is 1. The summed E-state index contributed by atoms with van der Waals surface area (Å²) in [6.07, 6.45) is 1.63. The van der Waals surface area contributed by atoms with Gasteiger partial charge in [0.2, 0.25) is 5.13 Å². The zero-order chi connectivity index (χ0) is 14.1. The minimum Gasteiger partial charge on any atom is -0.507 e. The van der Waals surface area contributed by atoms with Gasteiger partial charge in [-0.2, -0.15) is 0 Å². The molecule has 0 aliphatic rings. The smallest absolute Gasteiger partial charge is 0.210 e. The van der Waals surface area contributed by atoms with E-state index in [1.807, 2.05) is 31.2 Å². The van der Waals surface area contributed by atoms with Crippen molar-refractivity contribution in [3.05, 3.63) is 52.0 Å². The minimum absolute atomic E-state index is 0.203. The van der Waals surface area contributed by atoms with Crippen LogP contribution in [0.15, 0.2) is 45.9 Å². The first-order valence-electron chi connectivity index (χ1n) is 6.02. The predicted molar refractivity (Wildman–Crippen MR) is 87.4 cm³/mol.